The lowest BCUT2D eigenvalue weighted by Crippen LogP contribution is -2.17. The van der Waals surface area contributed by atoms with Gasteiger partial charge >= 0.3 is 0 Å². The first-order valence-corrected chi connectivity index (χ1v) is 16.6. The quantitative estimate of drug-likeness (QED) is 0.179. The van der Waals surface area contributed by atoms with Crippen LogP contribution in [0.1, 0.15) is 63.5 Å². The number of ketones is 1. The molecule has 0 saturated carbocycles. The van der Waals surface area contributed by atoms with Gasteiger partial charge in [0.25, 0.3) is 0 Å². The van der Waals surface area contributed by atoms with E-state index in [1.807, 2.05) is 24.3 Å². The van der Waals surface area contributed by atoms with Crippen LogP contribution >= 0.6 is 0 Å². The summed E-state index contributed by atoms with van der Waals surface area (Å²) >= 11 is 0. The van der Waals surface area contributed by atoms with Gasteiger partial charge in [0.2, 0.25) is 0 Å². The third-order valence-electron chi connectivity index (χ3n) is 9.42. The molecule has 0 bridgehead atoms. The Kier molecular flexibility index (Phi) is 8.50. The lowest BCUT2D eigenvalue weighted by atomic mass is 9.89. The summed E-state index contributed by atoms with van der Waals surface area (Å²) in [5, 5.41) is 3.59. The second kappa shape index (κ2) is 13.2. The minimum atomic E-state index is 0.170. The fraction of sp³-hybridized carbons (Fsp3) is 0.186. The lowest BCUT2D eigenvalue weighted by Gasteiger charge is -2.19. The van der Waals surface area contributed by atoms with E-state index in [0.717, 1.165) is 60.5 Å². The molecule has 1 aliphatic carbocycles. The third kappa shape index (κ3) is 5.76. The van der Waals surface area contributed by atoms with Gasteiger partial charge < -0.3 is 13.9 Å². The number of aromatic nitrogens is 2. The summed E-state index contributed by atoms with van der Waals surface area (Å²) in [7, 11) is 1.77. The van der Waals surface area contributed by atoms with Crippen LogP contribution < -0.4 is 4.74 Å². The zero-order valence-electron chi connectivity index (χ0n) is 27.4. The molecule has 0 atom stereocenters. The molecule has 1 aliphatic rings. The molecular weight excluding hydrogens is 576 g/mol. The zero-order valence-corrected chi connectivity index (χ0v) is 27.4. The van der Waals surface area contributed by atoms with Crippen LogP contribution in [0.3, 0.4) is 0 Å². The standard InChI is InChI=1S/C22H21NO.C21H19NO/c1-3-18-14-20-21(23(18)15-16-9-5-4-6-10-16)13-17-11-7-8-12-19(17)22(20)24-2;1-2-17-13-19-20(22(17)14-15-8-4-3-5-9-15)12-16-10-6-7-11-18(16)21(19)23/h4-14H,3,15H2,1-2H3;3-11,13H,2,12,14H2,1H3. The minimum Gasteiger partial charge on any atom is -0.495 e. The number of carbonyl (C=O) groups is 1. The fourth-order valence-electron chi connectivity index (χ4n) is 7.05. The number of rotatable bonds is 7. The first kappa shape index (κ1) is 30.3. The number of carbonyl (C=O) groups excluding carboxylic acids is 1. The molecule has 0 fully saturated rings. The maximum absolute atomic E-state index is 12.8. The Morgan fingerprint density at radius 1 is 0.617 bits per heavy atom. The molecule has 234 valence electrons. The van der Waals surface area contributed by atoms with Crippen LogP contribution in [0, 0.1) is 0 Å². The van der Waals surface area contributed by atoms with E-state index in [1.165, 1.54) is 44.2 Å². The molecule has 0 radical (unpaired) electrons. The second-order valence-electron chi connectivity index (χ2n) is 12.2. The van der Waals surface area contributed by atoms with Gasteiger partial charge in [0.1, 0.15) is 5.75 Å². The predicted molar refractivity (Wildman–Crippen MR) is 193 cm³/mol. The molecule has 7 aromatic rings. The van der Waals surface area contributed by atoms with E-state index in [9.17, 15) is 4.79 Å². The highest BCUT2D eigenvalue weighted by atomic mass is 16.5. The van der Waals surface area contributed by atoms with Gasteiger partial charge in [-0.1, -0.05) is 123 Å². The van der Waals surface area contributed by atoms with Gasteiger partial charge in [0, 0.05) is 58.5 Å². The fourth-order valence-corrected chi connectivity index (χ4v) is 7.05. The predicted octanol–water partition coefficient (Wildman–Crippen LogP) is 9.65. The molecule has 0 N–H and O–H groups in total. The molecule has 4 nitrogen and oxygen atoms in total. The highest BCUT2D eigenvalue weighted by Crippen LogP contribution is 2.37. The summed E-state index contributed by atoms with van der Waals surface area (Å²) < 4.78 is 10.5. The lowest BCUT2D eigenvalue weighted by molar-refractivity contribution is 0.103. The zero-order chi connectivity index (χ0) is 32.3. The Bertz CT molecular complexity index is 2190. The summed E-state index contributed by atoms with van der Waals surface area (Å²) in [5.74, 6) is 1.15. The topological polar surface area (TPSA) is 36.2 Å². The summed E-state index contributed by atoms with van der Waals surface area (Å²) in [5.41, 5.74) is 10.4. The maximum atomic E-state index is 12.8. The number of hydrogen-bond donors (Lipinski definition) is 0. The largest absolute Gasteiger partial charge is 0.495 e. The van der Waals surface area contributed by atoms with Gasteiger partial charge in [-0.15, -0.1) is 0 Å². The highest BCUT2D eigenvalue weighted by Gasteiger charge is 2.27. The van der Waals surface area contributed by atoms with Crippen LogP contribution in [-0.4, -0.2) is 22.0 Å². The van der Waals surface area contributed by atoms with E-state index >= 15 is 0 Å². The molecular formula is C43H40N2O2. The number of aryl methyl sites for hydroxylation is 2. The number of benzene rings is 5. The number of ether oxygens (including phenoxy) is 1. The van der Waals surface area contributed by atoms with Crippen molar-refractivity contribution >= 4 is 27.5 Å². The van der Waals surface area contributed by atoms with Crippen LogP contribution in [0.2, 0.25) is 0 Å². The first-order valence-electron chi connectivity index (χ1n) is 16.6. The first-order chi connectivity index (χ1) is 23.1. The van der Waals surface area contributed by atoms with Crippen molar-refractivity contribution in [3.63, 3.8) is 0 Å². The average Bonchev–Trinajstić information content (AvgIpc) is 3.65. The van der Waals surface area contributed by atoms with Crippen LogP contribution in [0.15, 0.2) is 127 Å². The Labute approximate surface area is 276 Å². The van der Waals surface area contributed by atoms with Gasteiger partial charge in [-0.05, 0) is 53.1 Å². The van der Waals surface area contributed by atoms with E-state index in [2.05, 4.69) is 126 Å². The second-order valence-corrected chi connectivity index (χ2v) is 12.2. The van der Waals surface area contributed by atoms with Crippen molar-refractivity contribution in [1.29, 1.82) is 0 Å². The Balaban J connectivity index is 0.000000150. The molecule has 8 rings (SSSR count). The van der Waals surface area contributed by atoms with Crippen molar-refractivity contribution < 1.29 is 9.53 Å². The normalized spacial score (nSPS) is 12.0. The average molecular weight is 617 g/mol. The molecule has 2 heterocycles. The smallest absolute Gasteiger partial charge is 0.195 e. The van der Waals surface area contributed by atoms with Gasteiger partial charge in [0.05, 0.1) is 12.6 Å². The van der Waals surface area contributed by atoms with Crippen LogP contribution in [0.25, 0.3) is 21.7 Å². The molecule has 0 spiro atoms. The molecule has 5 aromatic carbocycles. The summed E-state index contributed by atoms with van der Waals surface area (Å²) in [4.78, 5) is 12.8. The van der Waals surface area contributed by atoms with E-state index in [-0.39, 0.29) is 5.78 Å². The molecule has 2 aromatic heterocycles. The van der Waals surface area contributed by atoms with E-state index < -0.39 is 0 Å². The Morgan fingerprint density at radius 2 is 1.21 bits per heavy atom. The minimum absolute atomic E-state index is 0.170. The van der Waals surface area contributed by atoms with Gasteiger partial charge in [0.15, 0.2) is 5.78 Å². The van der Waals surface area contributed by atoms with Crippen molar-refractivity contribution in [1.82, 2.24) is 9.13 Å². The SMILES string of the molecule is CCc1cc2c(OC)c3ccccc3cc2n1Cc1ccccc1.CCc1cc2c(n1Cc1ccccc1)Cc1ccccc1C2=O. The van der Waals surface area contributed by atoms with Gasteiger partial charge in [-0.3, -0.25) is 4.79 Å². The van der Waals surface area contributed by atoms with Gasteiger partial charge in [-0.2, -0.15) is 0 Å². The number of nitrogens with zero attached hydrogens (tertiary/aromatic N) is 2. The third-order valence-corrected chi connectivity index (χ3v) is 9.42. The van der Waals surface area contributed by atoms with E-state index in [0.29, 0.717) is 0 Å². The summed E-state index contributed by atoms with van der Waals surface area (Å²) in [6, 6.07) is 44.2. The Hall–Kier alpha value is -5.35. The van der Waals surface area contributed by atoms with Crippen LogP contribution in [-0.2, 0) is 32.4 Å². The van der Waals surface area contributed by atoms with Crippen molar-refractivity contribution in [3.8, 4) is 5.75 Å². The van der Waals surface area contributed by atoms with Crippen molar-refractivity contribution in [2.24, 2.45) is 0 Å². The maximum Gasteiger partial charge on any atom is 0.195 e. The molecule has 0 unspecified atom stereocenters. The number of hydrogen-bond acceptors (Lipinski definition) is 2. The van der Waals surface area contributed by atoms with E-state index in [4.69, 9.17) is 4.74 Å². The Morgan fingerprint density at radius 3 is 1.89 bits per heavy atom. The molecule has 0 saturated heterocycles. The van der Waals surface area contributed by atoms with Crippen molar-refractivity contribution in [2.45, 2.75) is 46.2 Å². The van der Waals surface area contributed by atoms with Crippen molar-refractivity contribution in [2.75, 3.05) is 7.11 Å². The molecule has 0 aliphatic heterocycles. The molecule has 47 heavy (non-hydrogen) atoms. The van der Waals surface area contributed by atoms with Gasteiger partial charge in [-0.25, -0.2) is 0 Å². The summed E-state index contributed by atoms with van der Waals surface area (Å²) in [6.45, 7) is 6.07. The van der Waals surface area contributed by atoms with Crippen LogP contribution in [0.5, 0.6) is 5.75 Å². The molecule has 0 amide bonds. The molecule has 4 heteroatoms. The summed E-state index contributed by atoms with van der Waals surface area (Å²) in [6.07, 6.45) is 2.77. The number of methoxy groups -OCH3 is 1. The van der Waals surface area contributed by atoms with Crippen LogP contribution in [0.4, 0.5) is 0 Å². The van der Waals surface area contributed by atoms with E-state index in [1.54, 1.807) is 7.11 Å². The number of fused-ring (bicyclic) bond motifs is 4. The van der Waals surface area contributed by atoms with Crippen molar-refractivity contribution in [3.05, 3.63) is 172 Å². The monoisotopic (exact) mass is 616 g/mol. The highest BCUT2D eigenvalue weighted by molar-refractivity contribution is 6.12.